The van der Waals surface area contributed by atoms with Crippen LogP contribution >= 0.6 is 0 Å². The Bertz CT molecular complexity index is 506. The summed E-state index contributed by atoms with van der Waals surface area (Å²) in [6.45, 7) is 0. The van der Waals surface area contributed by atoms with Gasteiger partial charge in [0.15, 0.2) is 0 Å². The molecule has 5 nitrogen and oxygen atoms in total. The van der Waals surface area contributed by atoms with Gasteiger partial charge >= 0.3 is 5.97 Å². The molecule has 1 amide bonds. The molecule has 1 aromatic carbocycles. The van der Waals surface area contributed by atoms with Crippen LogP contribution in [0.4, 0.5) is 5.69 Å². The van der Waals surface area contributed by atoms with Crippen molar-refractivity contribution in [2.75, 3.05) is 5.73 Å². The molecule has 5 heteroatoms. The van der Waals surface area contributed by atoms with Crippen molar-refractivity contribution >= 4 is 17.6 Å². The predicted molar refractivity (Wildman–Crippen MR) is 72.2 cm³/mol. The van der Waals surface area contributed by atoms with Gasteiger partial charge in [0.25, 0.3) is 0 Å². The summed E-state index contributed by atoms with van der Waals surface area (Å²) < 4.78 is 0. The summed E-state index contributed by atoms with van der Waals surface area (Å²) in [6.07, 6.45) is 5.64. The number of nitrogen functional groups attached to an aromatic ring is 1. The van der Waals surface area contributed by atoms with Gasteiger partial charge in [-0.2, -0.15) is 0 Å². The zero-order valence-electron chi connectivity index (χ0n) is 10.4. The van der Waals surface area contributed by atoms with Crippen LogP contribution in [0.25, 0.3) is 0 Å². The molecule has 0 bridgehead atoms. The number of hydrogen-bond acceptors (Lipinski definition) is 3. The first-order chi connectivity index (χ1) is 9.04. The Morgan fingerprint density at radius 2 is 2.11 bits per heavy atom. The van der Waals surface area contributed by atoms with Gasteiger partial charge in [-0.3, -0.25) is 4.79 Å². The fourth-order valence-electron chi connectivity index (χ4n) is 1.59. The molecular weight excluding hydrogens is 244 g/mol. The number of aliphatic carboxylic acids is 1. The largest absolute Gasteiger partial charge is 0.480 e. The number of rotatable bonds is 6. The number of carboxylic acids is 1. The van der Waals surface area contributed by atoms with Crippen LogP contribution in [-0.4, -0.2) is 23.0 Å². The molecule has 0 fully saturated rings. The highest BCUT2D eigenvalue weighted by molar-refractivity contribution is 5.83. The molecule has 0 saturated carbocycles. The number of hydrogen-bond donors (Lipinski definition) is 3. The van der Waals surface area contributed by atoms with Crippen molar-refractivity contribution in [3.05, 3.63) is 29.8 Å². The van der Waals surface area contributed by atoms with Crippen molar-refractivity contribution in [2.45, 2.75) is 25.3 Å². The van der Waals surface area contributed by atoms with Gasteiger partial charge in [0.2, 0.25) is 5.91 Å². The number of carbonyl (C=O) groups excluding carboxylic acids is 1. The van der Waals surface area contributed by atoms with E-state index in [1.807, 2.05) is 18.2 Å². The van der Waals surface area contributed by atoms with E-state index >= 15 is 0 Å². The predicted octanol–water partition coefficient (Wildman–Crippen LogP) is 0.794. The molecule has 1 aromatic rings. The van der Waals surface area contributed by atoms with Crippen molar-refractivity contribution in [2.24, 2.45) is 0 Å². The van der Waals surface area contributed by atoms with Crippen LogP contribution in [0.2, 0.25) is 0 Å². The molecule has 100 valence electrons. The smallest absolute Gasteiger partial charge is 0.327 e. The van der Waals surface area contributed by atoms with Gasteiger partial charge in [-0.15, -0.1) is 12.3 Å². The van der Waals surface area contributed by atoms with Crippen LogP contribution in [0.3, 0.4) is 0 Å². The maximum absolute atomic E-state index is 11.6. The second-order valence-corrected chi connectivity index (χ2v) is 4.07. The van der Waals surface area contributed by atoms with Crippen LogP contribution in [0.15, 0.2) is 24.3 Å². The summed E-state index contributed by atoms with van der Waals surface area (Å²) in [6, 6.07) is 6.20. The third-order valence-corrected chi connectivity index (χ3v) is 2.63. The summed E-state index contributed by atoms with van der Waals surface area (Å²) in [5.41, 5.74) is 7.23. The molecule has 1 rings (SSSR count). The average Bonchev–Trinajstić information content (AvgIpc) is 2.37. The minimum Gasteiger partial charge on any atom is -0.480 e. The van der Waals surface area contributed by atoms with Crippen molar-refractivity contribution < 1.29 is 14.7 Å². The van der Waals surface area contributed by atoms with Crippen molar-refractivity contribution in [1.29, 1.82) is 0 Å². The molecule has 0 saturated heterocycles. The van der Waals surface area contributed by atoms with E-state index in [0.717, 1.165) is 5.56 Å². The van der Waals surface area contributed by atoms with E-state index in [4.69, 9.17) is 17.3 Å². The van der Waals surface area contributed by atoms with Crippen LogP contribution in [0, 0.1) is 12.3 Å². The Morgan fingerprint density at radius 3 is 2.68 bits per heavy atom. The van der Waals surface area contributed by atoms with Gasteiger partial charge in [-0.1, -0.05) is 18.2 Å². The van der Waals surface area contributed by atoms with Gasteiger partial charge in [0.05, 0.1) is 0 Å². The fraction of sp³-hybridized carbons (Fsp3) is 0.286. The molecule has 19 heavy (non-hydrogen) atoms. The quantitative estimate of drug-likeness (QED) is 0.521. The van der Waals surface area contributed by atoms with Crippen molar-refractivity contribution in [1.82, 2.24) is 5.32 Å². The molecule has 1 atom stereocenters. The molecule has 0 aliphatic heterocycles. The lowest BCUT2D eigenvalue weighted by molar-refractivity contribution is -0.141. The first kappa shape index (κ1) is 14.6. The third kappa shape index (κ3) is 4.72. The van der Waals surface area contributed by atoms with Gasteiger partial charge in [0, 0.05) is 18.5 Å². The molecular formula is C14H16N2O3. The summed E-state index contributed by atoms with van der Waals surface area (Å²) >= 11 is 0. The number of anilines is 1. The van der Waals surface area contributed by atoms with Crippen molar-refractivity contribution in [3.63, 3.8) is 0 Å². The number of terminal acetylenes is 1. The number of carbonyl (C=O) groups is 2. The van der Waals surface area contributed by atoms with Gasteiger partial charge < -0.3 is 16.2 Å². The van der Waals surface area contributed by atoms with Gasteiger partial charge in [0.1, 0.15) is 6.04 Å². The first-order valence-electron chi connectivity index (χ1n) is 5.83. The SMILES string of the molecule is C#CCC(NC(=O)CCc1ccccc1N)C(=O)O. The van der Waals surface area contributed by atoms with E-state index < -0.39 is 12.0 Å². The number of nitrogens with two attached hydrogens (primary N) is 1. The topological polar surface area (TPSA) is 92.4 Å². The number of carboxylic acid groups (broad SMARTS) is 1. The van der Waals surface area contributed by atoms with Gasteiger partial charge in [-0.25, -0.2) is 4.79 Å². The second-order valence-electron chi connectivity index (χ2n) is 4.07. The van der Waals surface area contributed by atoms with E-state index in [2.05, 4.69) is 11.2 Å². The highest BCUT2D eigenvalue weighted by atomic mass is 16.4. The monoisotopic (exact) mass is 260 g/mol. The van der Waals surface area contributed by atoms with Crippen LogP contribution in [0.1, 0.15) is 18.4 Å². The number of amides is 1. The summed E-state index contributed by atoms with van der Waals surface area (Å²) in [5.74, 6) is 0.732. The Hall–Kier alpha value is -2.48. The molecule has 0 spiro atoms. The number of nitrogens with one attached hydrogen (secondary N) is 1. The second kappa shape index (κ2) is 7.07. The summed E-state index contributed by atoms with van der Waals surface area (Å²) in [4.78, 5) is 22.5. The van der Waals surface area contributed by atoms with Crippen LogP contribution in [-0.2, 0) is 16.0 Å². The third-order valence-electron chi connectivity index (χ3n) is 2.63. The lowest BCUT2D eigenvalue weighted by atomic mass is 10.1. The number of para-hydroxylation sites is 1. The normalized spacial score (nSPS) is 11.3. The highest BCUT2D eigenvalue weighted by Gasteiger charge is 2.18. The Labute approximate surface area is 111 Å². The minimum atomic E-state index is -1.13. The van der Waals surface area contributed by atoms with Crippen molar-refractivity contribution in [3.8, 4) is 12.3 Å². The summed E-state index contributed by atoms with van der Waals surface area (Å²) in [5, 5.41) is 11.2. The minimum absolute atomic E-state index is 0.0332. The van der Waals surface area contributed by atoms with E-state index in [1.54, 1.807) is 6.07 Å². The molecule has 0 aliphatic rings. The summed E-state index contributed by atoms with van der Waals surface area (Å²) in [7, 11) is 0. The Morgan fingerprint density at radius 1 is 1.42 bits per heavy atom. The maximum Gasteiger partial charge on any atom is 0.327 e. The van der Waals surface area contributed by atoms with Crippen LogP contribution < -0.4 is 11.1 Å². The zero-order valence-corrected chi connectivity index (χ0v) is 10.4. The molecule has 0 aromatic heterocycles. The van der Waals surface area contributed by atoms with Crippen LogP contribution in [0.5, 0.6) is 0 Å². The lowest BCUT2D eigenvalue weighted by Crippen LogP contribution is -2.40. The lowest BCUT2D eigenvalue weighted by Gasteiger charge is -2.12. The Balaban J connectivity index is 2.50. The first-order valence-corrected chi connectivity index (χ1v) is 5.83. The standard InChI is InChI=1S/C14H16N2O3/c1-2-5-12(14(18)19)16-13(17)9-8-10-6-3-4-7-11(10)15/h1,3-4,6-7,12H,5,8-9,15H2,(H,16,17)(H,18,19). The average molecular weight is 260 g/mol. The number of benzene rings is 1. The van der Waals surface area contributed by atoms with E-state index in [1.165, 1.54) is 0 Å². The van der Waals surface area contributed by atoms with E-state index in [0.29, 0.717) is 12.1 Å². The zero-order chi connectivity index (χ0) is 14.3. The van der Waals surface area contributed by atoms with E-state index in [9.17, 15) is 9.59 Å². The number of aryl methyl sites for hydroxylation is 1. The Kier molecular flexibility index (Phi) is 5.42. The molecule has 0 aliphatic carbocycles. The van der Waals surface area contributed by atoms with E-state index in [-0.39, 0.29) is 18.7 Å². The fourth-order valence-corrected chi connectivity index (χ4v) is 1.59. The molecule has 1 unspecified atom stereocenters. The maximum atomic E-state index is 11.6. The molecule has 0 radical (unpaired) electrons. The molecule has 4 N–H and O–H groups in total. The molecule has 0 heterocycles. The van der Waals surface area contributed by atoms with Gasteiger partial charge in [-0.05, 0) is 18.1 Å². The highest BCUT2D eigenvalue weighted by Crippen LogP contribution is 2.12.